The Labute approximate surface area is 155 Å². The van der Waals surface area contributed by atoms with Gasteiger partial charge in [0.1, 0.15) is 6.10 Å². The Balaban J connectivity index is 1.44. The van der Waals surface area contributed by atoms with Crippen LogP contribution >= 0.6 is 0 Å². The Kier molecular flexibility index (Phi) is 5.36. The molecular weight excluding hydrogens is 326 g/mol. The zero-order valence-electron chi connectivity index (χ0n) is 15.2. The highest BCUT2D eigenvalue weighted by Gasteiger charge is 2.51. The van der Waals surface area contributed by atoms with Gasteiger partial charge in [0.05, 0.1) is 25.4 Å². The average Bonchev–Trinajstić information content (AvgIpc) is 3.16. The van der Waals surface area contributed by atoms with E-state index in [0.717, 1.165) is 13.0 Å². The summed E-state index contributed by atoms with van der Waals surface area (Å²) in [7, 11) is 0. The van der Waals surface area contributed by atoms with E-state index in [-0.39, 0.29) is 30.4 Å². The van der Waals surface area contributed by atoms with Gasteiger partial charge in [0.15, 0.2) is 0 Å². The smallest absolute Gasteiger partial charge is 0.101 e. The molecule has 2 aromatic rings. The van der Waals surface area contributed by atoms with E-state index in [1.807, 2.05) is 36.4 Å². The molecule has 2 aromatic carbocycles. The number of rotatable bonds is 6. The van der Waals surface area contributed by atoms with Crippen molar-refractivity contribution in [1.82, 2.24) is 4.90 Å². The van der Waals surface area contributed by atoms with E-state index < -0.39 is 0 Å². The largest absolute Gasteiger partial charge is 0.391 e. The quantitative estimate of drug-likeness (QED) is 0.867. The number of ether oxygens (including phenoxy) is 2. The first-order chi connectivity index (χ1) is 12.7. The highest BCUT2D eigenvalue weighted by atomic mass is 16.5. The molecule has 0 aromatic heterocycles. The molecular formula is C22H27NO3. The number of hydrogen-bond acceptors (Lipinski definition) is 4. The summed E-state index contributed by atoms with van der Waals surface area (Å²) in [6, 6.07) is 20.9. The molecule has 26 heavy (non-hydrogen) atoms. The summed E-state index contributed by atoms with van der Waals surface area (Å²) < 4.78 is 12.6. The molecule has 2 fully saturated rings. The Bertz CT molecular complexity index is 693. The zero-order chi connectivity index (χ0) is 17.9. The van der Waals surface area contributed by atoms with E-state index in [9.17, 15) is 5.11 Å². The van der Waals surface area contributed by atoms with Crippen LogP contribution in [0.1, 0.15) is 24.5 Å². The molecule has 0 bridgehead atoms. The third-order valence-corrected chi connectivity index (χ3v) is 5.72. The molecule has 0 saturated carbocycles. The van der Waals surface area contributed by atoms with E-state index in [1.165, 1.54) is 11.1 Å². The molecule has 2 heterocycles. The number of benzene rings is 2. The Morgan fingerprint density at radius 3 is 2.12 bits per heavy atom. The van der Waals surface area contributed by atoms with Gasteiger partial charge in [-0.25, -0.2) is 0 Å². The van der Waals surface area contributed by atoms with Crippen molar-refractivity contribution < 1.29 is 14.6 Å². The molecule has 2 saturated heterocycles. The molecule has 2 aliphatic rings. The summed E-state index contributed by atoms with van der Waals surface area (Å²) in [5.41, 5.74) is 2.34. The predicted octanol–water partition coefficient (Wildman–Crippen LogP) is 2.99. The molecule has 4 rings (SSSR count). The lowest BCUT2D eigenvalue weighted by atomic mass is 10.0. The number of fused-ring (bicyclic) bond motifs is 1. The summed E-state index contributed by atoms with van der Waals surface area (Å²) in [5.74, 6) is 0. The first-order valence-corrected chi connectivity index (χ1v) is 9.47. The van der Waals surface area contributed by atoms with Gasteiger partial charge in [-0.2, -0.15) is 0 Å². The van der Waals surface area contributed by atoms with Gasteiger partial charge in [0, 0.05) is 18.6 Å². The van der Waals surface area contributed by atoms with Crippen molar-refractivity contribution in [3.05, 3.63) is 71.8 Å². The van der Waals surface area contributed by atoms with Crippen LogP contribution in [0.3, 0.4) is 0 Å². The van der Waals surface area contributed by atoms with Crippen LogP contribution in [-0.2, 0) is 22.7 Å². The van der Waals surface area contributed by atoms with Crippen LogP contribution in [0.15, 0.2) is 60.7 Å². The number of hydrogen-bond donors (Lipinski definition) is 1. The van der Waals surface area contributed by atoms with Crippen molar-refractivity contribution in [1.29, 1.82) is 0 Å². The van der Waals surface area contributed by atoms with Gasteiger partial charge >= 0.3 is 0 Å². The summed E-state index contributed by atoms with van der Waals surface area (Å²) in [4.78, 5) is 2.36. The summed E-state index contributed by atoms with van der Waals surface area (Å²) in [5, 5.41) is 10.3. The van der Waals surface area contributed by atoms with Gasteiger partial charge in [-0.15, -0.1) is 0 Å². The predicted molar refractivity (Wildman–Crippen MR) is 101 cm³/mol. The molecule has 138 valence electrons. The van der Waals surface area contributed by atoms with Gasteiger partial charge in [0.2, 0.25) is 0 Å². The van der Waals surface area contributed by atoms with Crippen LogP contribution in [-0.4, -0.2) is 46.9 Å². The second-order valence-corrected chi connectivity index (χ2v) is 7.40. The minimum Gasteiger partial charge on any atom is -0.391 e. The Morgan fingerprint density at radius 1 is 0.923 bits per heavy atom. The normalized spacial score (nSPS) is 31.2. The van der Waals surface area contributed by atoms with Gasteiger partial charge in [0.25, 0.3) is 0 Å². The highest BCUT2D eigenvalue weighted by molar-refractivity contribution is 5.15. The van der Waals surface area contributed by atoms with Crippen LogP contribution < -0.4 is 0 Å². The van der Waals surface area contributed by atoms with Crippen molar-refractivity contribution in [2.75, 3.05) is 6.54 Å². The third kappa shape index (κ3) is 3.69. The standard InChI is InChI=1S/C22H27NO3/c1-16-20(24)12-19-22(26-15-18-10-6-3-7-11-18)21(13-23(16)19)25-14-17-8-4-2-5-9-17/h2-11,16,19-22,24H,12-15H2,1H3/t16-,19+,20+,21+,22+/m1/s1. The maximum Gasteiger partial charge on any atom is 0.101 e. The van der Waals surface area contributed by atoms with Gasteiger partial charge < -0.3 is 14.6 Å². The Morgan fingerprint density at radius 2 is 1.50 bits per heavy atom. The van der Waals surface area contributed by atoms with Crippen molar-refractivity contribution in [2.24, 2.45) is 0 Å². The maximum absolute atomic E-state index is 10.3. The van der Waals surface area contributed by atoms with Crippen LogP contribution in [0.25, 0.3) is 0 Å². The number of nitrogens with zero attached hydrogens (tertiary/aromatic N) is 1. The fourth-order valence-electron chi connectivity index (χ4n) is 4.20. The molecule has 2 aliphatic heterocycles. The molecule has 4 nitrogen and oxygen atoms in total. The fourth-order valence-corrected chi connectivity index (χ4v) is 4.20. The molecule has 4 heteroatoms. The second kappa shape index (κ2) is 7.89. The molecule has 0 unspecified atom stereocenters. The minimum atomic E-state index is -0.280. The lowest BCUT2D eigenvalue weighted by molar-refractivity contribution is -0.0723. The van der Waals surface area contributed by atoms with Crippen LogP contribution in [0.2, 0.25) is 0 Å². The van der Waals surface area contributed by atoms with Crippen molar-refractivity contribution in [3.8, 4) is 0 Å². The average molecular weight is 353 g/mol. The molecule has 0 aliphatic carbocycles. The minimum absolute atomic E-state index is 0.0153. The van der Waals surface area contributed by atoms with Crippen LogP contribution in [0.4, 0.5) is 0 Å². The second-order valence-electron chi connectivity index (χ2n) is 7.40. The van der Waals surface area contributed by atoms with Crippen LogP contribution in [0, 0.1) is 0 Å². The molecule has 1 N–H and O–H groups in total. The van der Waals surface area contributed by atoms with E-state index in [1.54, 1.807) is 0 Å². The summed E-state index contributed by atoms with van der Waals surface area (Å²) in [6.45, 7) is 4.08. The fraction of sp³-hybridized carbons (Fsp3) is 0.455. The van der Waals surface area contributed by atoms with Gasteiger partial charge in [-0.1, -0.05) is 60.7 Å². The SMILES string of the molecule is C[C@@H]1[C@@H](O)C[C@H]2[C@H](OCc3ccccc3)[C@@H](OCc3ccccc3)CN12. The molecule has 0 spiro atoms. The first-order valence-electron chi connectivity index (χ1n) is 9.47. The number of aliphatic hydroxyl groups is 1. The summed E-state index contributed by atoms with van der Waals surface area (Å²) >= 11 is 0. The molecule has 0 amide bonds. The maximum atomic E-state index is 10.3. The molecule has 0 radical (unpaired) electrons. The lowest BCUT2D eigenvalue weighted by Crippen LogP contribution is -2.36. The van der Waals surface area contributed by atoms with Crippen molar-refractivity contribution >= 4 is 0 Å². The van der Waals surface area contributed by atoms with E-state index in [4.69, 9.17) is 9.47 Å². The monoisotopic (exact) mass is 353 g/mol. The van der Waals surface area contributed by atoms with Gasteiger partial charge in [-0.05, 0) is 24.5 Å². The van der Waals surface area contributed by atoms with Crippen molar-refractivity contribution in [3.63, 3.8) is 0 Å². The van der Waals surface area contributed by atoms with E-state index >= 15 is 0 Å². The van der Waals surface area contributed by atoms with E-state index in [2.05, 4.69) is 36.1 Å². The third-order valence-electron chi connectivity index (χ3n) is 5.72. The van der Waals surface area contributed by atoms with Crippen LogP contribution in [0.5, 0.6) is 0 Å². The van der Waals surface area contributed by atoms with Crippen molar-refractivity contribution in [2.45, 2.75) is 57.0 Å². The number of aliphatic hydroxyl groups excluding tert-OH is 1. The topological polar surface area (TPSA) is 41.9 Å². The van der Waals surface area contributed by atoms with Gasteiger partial charge in [-0.3, -0.25) is 4.90 Å². The zero-order valence-corrected chi connectivity index (χ0v) is 15.2. The highest BCUT2D eigenvalue weighted by Crippen LogP contribution is 2.36. The lowest BCUT2D eigenvalue weighted by Gasteiger charge is -2.24. The first kappa shape index (κ1) is 17.7. The summed E-state index contributed by atoms with van der Waals surface area (Å²) in [6.07, 6.45) is 0.488. The Hall–Kier alpha value is -1.72. The van der Waals surface area contributed by atoms with E-state index in [0.29, 0.717) is 13.2 Å². The molecule has 5 atom stereocenters.